The molecule has 10 rings (SSSR count). The van der Waals surface area contributed by atoms with Gasteiger partial charge in [0, 0.05) is 26.3 Å². The van der Waals surface area contributed by atoms with E-state index in [1.807, 2.05) is 18.2 Å². The van der Waals surface area contributed by atoms with Crippen LogP contribution in [-0.2, 0) is 58.9 Å². The Morgan fingerprint density at radius 2 is 0.842 bits per heavy atom. The smallest absolute Gasteiger partial charge is 0.358 e. The zero-order valence-corrected chi connectivity index (χ0v) is 41.6. The molecule has 391 valence electrons. The van der Waals surface area contributed by atoms with Gasteiger partial charge in [-0.15, -0.1) is 0 Å². The summed E-state index contributed by atoms with van der Waals surface area (Å²) in [6.07, 6.45) is -11.0. The average molecular weight is 1230 g/mol. The first-order chi connectivity index (χ1) is 35.6. The Hall–Kier alpha value is -8.16. The quantitative estimate of drug-likeness (QED) is 0.0906. The standard InChI is InChI=1S/2C24H15F6N2.C7H5N4.Ir/c2*1-31-15-32(20-13-12-18(23(25,26)27)14-19(20)24(28,29)30)22(17-10-6-3-7-11-17)21(31)16-8-4-2-5-9-16;1-2-4-8-6(3-1)7-5-9-11-10-7;/h2*2-12,14H,1H3;1-5H;/q3*-1;. The molecule has 0 aliphatic rings. The molecule has 0 atom stereocenters. The fourth-order valence-corrected chi connectivity index (χ4v) is 7.85. The summed E-state index contributed by atoms with van der Waals surface area (Å²) in [5.41, 5.74) is -0.982. The third kappa shape index (κ3) is 12.5. The molecule has 0 N–H and O–H groups in total. The fraction of sp³-hybridized carbons (Fsp3) is 0.109. The van der Waals surface area contributed by atoms with Gasteiger partial charge in [-0.25, -0.2) is 0 Å². The molecule has 8 nitrogen and oxygen atoms in total. The Morgan fingerprint density at radius 3 is 1.16 bits per heavy atom. The van der Waals surface area contributed by atoms with Crippen molar-refractivity contribution in [3.05, 3.63) is 223 Å². The van der Waals surface area contributed by atoms with Gasteiger partial charge in [0.1, 0.15) is 0 Å². The van der Waals surface area contributed by atoms with E-state index >= 15 is 0 Å². The molecular weight excluding hydrogens is 1190 g/mol. The van der Waals surface area contributed by atoms with E-state index in [4.69, 9.17) is 0 Å². The number of rotatable bonds is 7. The Labute approximate surface area is 439 Å². The Bertz CT molecular complexity index is 3290. The van der Waals surface area contributed by atoms with Crippen molar-refractivity contribution in [1.82, 2.24) is 29.5 Å². The van der Waals surface area contributed by atoms with Gasteiger partial charge in [-0.05, 0) is 40.1 Å². The molecular formula is C55H35F12IrN8-3. The molecule has 4 heterocycles. The number of hydrogen-bond acceptors (Lipinski definition) is 3. The van der Waals surface area contributed by atoms with E-state index < -0.39 is 58.3 Å². The van der Waals surface area contributed by atoms with Gasteiger partial charge < -0.3 is 28.5 Å². The van der Waals surface area contributed by atoms with Crippen LogP contribution in [0.1, 0.15) is 22.3 Å². The molecule has 0 saturated heterocycles. The van der Waals surface area contributed by atoms with E-state index in [1.165, 1.54) is 9.13 Å². The summed E-state index contributed by atoms with van der Waals surface area (Å²) in [7, 11) is 3.23. The van der Waals surface area contributed by atoms with E-state index in [9.17, 15) is 52.7 Å². The average Bonchev–Trinajstić information content (AvgIpc) is 4.15. The van der Waals surface area contributed by atoms with Crippen molar-refractivity contribution < 1.29 is 81.9 Å². The molecule has 0 spiro atoms. The van der Waals surface area contributed by atoms with Crippen molar-refractivity contribution in [2.75, 3.05) is 0 Å². The largest absolute Gasteiger partial charge is 0.370 e. The predicted octanol–water partition coefficient (Wildman–Crippen LogP) is 13.0. The summed E-state index contributed by atoms with van der Waals surface area (Å²) in [5.74, 6) is 0. The molecule has 0 unspecified atom stereocenters. The number of alkyl halides is 12. The molecule has 10 aromatic rings. The minimum Gasteiger partial charge on any atom is -0.358 e. The van der Waals surface area contributed by atoms with Gasteiger partial charge in [0.05, 0.1) is 42.6 Å². The summed E-state index contributed by atoms with van der Waals surface area (Å²) in [4.78, 5) is 4.08. The number of aromatic nitrogens is 8. The summed E-state index contributed by atoms with van der Waals surface area (Å²) in [5, 5.41) is 10.8. The zero-order chi connectivity index (χ0) is 53.7. The third-order valence-corrected chi connectivity index (χ3v) is 11.1. The van der Waals surface area contributed by atoms with Crippen LogP contribution < -0.4 is 14.2 Å². The maximum absolute atomic E-state index is 13.8. The zero-order valence-electron chi connectivity index (χ0n) is 39.2. The normalized spacial score (nSPS) is 11.7. The van der Waals surface area contributed by atoms with Crippen LogP contribution >= 0.6 is 0 Å². The van der Waals surface area contributed by atoms with Crippen LogP contribution in [0.5, 0.6) is 0 Å². The number of imidazole rings is 2. The molecule has 0 fully saturated rings. The second kappa shape index (κ2) is 22.8. The first-order valence-electron chi connectivity index (χ1n) is 22.0. The van der Waals surface area contributed by atoms with Crippen LogP contribution in [-0.4, -0.2) is 24.4 Å². The molecule has 1 radical (unpaired) electrons. The summed E-state index contributed by atoms with van der Waals surface area (Å²) in [6, 6.07) is 46.5. The van der Waals surface area contributed by atoms with Crippen LogP contribution in [0.15, 0.2) is 176 Å². The monoisotopic (exact) mass is 1230 g/mol. The molecule has 0 saturated carbocycles. The van der Waals surface area contributed by atoms with E-state index in [1.54, 1.807) is 148 Å². The molecule has 0 aliphatic heterocycles. The van der Waals surface area contributed by atoms with Gasteiger partial charge in [-0.3, -0.25) is 10.2 Å². The number of nitrogens with zero attached hydrogens (tertiary/aromatic N) is 8. The second-order valence-electron chi connectivity index (χ2n) is 16.2. The van der Waals surface area contributed by atoms with Crippen LogP contribution in [0.3, 0.4) is 0 Å². The fourth-order valence-electron chi connectivity index (χ4n) is 7.85. The van der Waals surface area contributed by atoms with Gasteiger partial charge in [0.25, 0.3) is 0 Å². The maximum Gasteiger partial charge on any atom is 0.370 e. The van der Waals surface area contributed by atoms with E-state index in [0.29, 0.717) is 62.9 Å². The van der Waals surface area contributed by atoms with E-state index in [-0.39, 0.29) is 32.2 Å². The van der Waals surface area contributed by atoms with Crippen molar-refractivity contribution in [2.24, 2.45) is 14.1 Å². The van der Waals surface area contributed by atoms with Crippen molar-refractivity contribution in [3.8, 4) is 67.8 Å². The minimum atomic E-state index is -5.04. The van der Waals surface area contributed by atoms with Crippen molar-refractivity contribution >= 4 is 0 Å². The summed E-state index contributed by atoms with van der Waals surface area (Å²) in [6.45, 7) is 0. The number of pyridine rings is 1. The Balaban J connectivity index is 0.000000182. The van der Waals surface area contributed by atoms with Gasteiger partial charge >= 0.3 is 24.7 Å². The Kier molecular flexibility index (Phi) is 16.6. The van der Waals surface area contributed by atoms with Crippen molar-refractivity contribution in [2.45, 2.75) is 24.7 Å². The van der Waals surface area contributed by atoms with Crippen molar-refractivity contribution in [1.29, 1.82) is 0 Å². The number of halogens is 12. The topological polar surface area (TPSA) is 70.4 Å². The van der Waals surface area contributed by atoms with Crippen LogP contribution in [0.25, 0.3) is 67.8 Å². The van der Waals surface area contributed by atoms with Gasteiger partial charge in [-0.1, -0.05) is 167 Å². The molecule has 0 bridgehead atoms. The van der Waals surface area contributed by atoms with Crippen LogP contribution in [0.4, 0.5) is 52.7 Å². The SMILES string of the molecule is C[n+]1[c-]n(-c2[c-]cc(C(F)(F)F)cc2C(F)(F)F)c(-c2ccccc2)c1-c1ccccc1.C[n+]1[c-]n(-c2[c-]cc(C(F)(F)F)cc2C(F)(F)F)c(-c2ccccc2)c1-c1ccccc1.[Ir].c1ccc(-c2cnn[n-]2)nc1. The number of benzene rings is 6. The molecule has 0 aliphatic carbocycles. The van der Waals surface area contributed by atoms with Crippen LogP contribution in [0.2, 0.25) is 0 Å². The number of aryl methyl sites for hydroxylation is 2. The Morgan fingerprint density at radius 1 is 0.474 bits per heavy atom. The predicted molar refractivity (Wildman–Crippen MR) is 250 cm³/mol. The van der Waals surface area contributed by atoms with Crippen molar-refractivity contribution in [3.63, 3.8) is 0 Å². The second-order valence-corrected chi connectivity index (χ2v) is 16.2. The first-order valence-corrected chi connectivity index (χ1v) is 22.0. The molecule has 21 heteroatoms. The molecule has 4 aromatic heterocycles. The third-order valence-electron chi connectivity index (χ3n) is 11.1. The van der Waals surface area contributed by atoms with Crippen LogP contribution in [0, 0.1) is 24.8 Å². The summed E-state index contributed by atoms with van der Waals surface area (Å²) < 4.78 is 167. The molecule has 76 heavy (non-hydrogen) atoms. The van der Waals surface area contributed by atoms with Gasteiger partial charge in [-0.2, -0.15) is 89.1 Å². The molecule has 6 aromatic carbocycles. The van der Waals surface area contributed by atoms with E-state index in [2.05, 4.69) is 45.2 Å². The van der Waals surface area contributed by atoms with Gasteiger partial charge in [0.15, 0.2) is 0 Å². The minimum absolute atomic E-state index is 0. The summed E-state index contributed by atoms with van der Waals surface area (Å²) >= 11 is 0. The first kappa shape index (κ1) is 55.6. The van der Waals surface area contributed by atoms with Gasteiger partial charge in [0.2, 0.25) is 12.7 Å². The van der Waals surface area contributed by atoms with E-state index in [0.717, 1.165) is 14.8 Å². The maximum atomic E-state index is 13.8. The molecule has 0 amide bonds. The number of hydrogen-bond donors (Lipinski definition) is 0.